The average molecular weight is 354 g/mol. The molecule has 0 aliphatic carbocycles. The second-order valence-corrected chi connectivity index (χ2v) is 5.51. The summed E-state index contributed by atoms with van der Waals surface area (Å²) in [7, 11) is 1.52. The number of benzene rings is 2. The maximum Gasteiger partial charge on any atom is 0.341 e. The van der Waals surface area contributed by atoms with Crippen LogP contribution >= 0.6 is 0 Å². The lowest BCUT2D eigenvalue weighted by molar-refractivity contribution is -0.139. The molecule has 0 bridgehead atoms. The van der Waals surface area contributed by atoms with Crippen molar-refractivity contribution in [3.05, 3.63) is 65.2 Å². The van der Waals surface area contributed by atoms with E-state index in [1.165, 1.54) is 20.1 Å². The van der Waals surface area contributed by atoms with Crippen molar-refractivity contribution in [1.29, 1.82) is 0 Å². The first-order valence-corrected chi connectivity index (χ1v) is 8.29. The highest BCUT2D eigenvalue weighted by atomic mass is 16.5. The Morgan fingerprint density at radius 2 is 1.81 bits per heavy atom. The highest BCUT2D eigenvalue weighted by Gasteiger charge is 2.17. The number of esters is 1. The minimum Gasteiger partial charge on any atom is -0.496 e. The van der Waals surface area contributed by atoms with Crippen LogP contribution in [0, 0.1) is 0 Å². The molecule has 0 spiro atoms. The summed E-state index contributed by atoms with van der Waals surface area (Å²) in [5.41, 5.74) is 1.62. The van der Waals surface area contributed by atoms with Gasteiger partial charge in [-0.3, -0.25) is 4.79 Å². The van der Waals surface area contributed by atoms with Crippen LogP contribution in [0.2, 0.25) is 0 Å². The molecule has 0 amide bonds. The first kappa shape index (κ1) is 19.2. The van der Waals surface area contributed by atoms with Gasteiger partial charge in [-0.1, -0.05) is 30.3 Å². The second kappa shape index (κ2) is 9.42. The quantitative estimate of drug-likeness (QED) is 0.312. The smallest absolute Gasteiger partial charge is 0.341 e. The molecule has 0 heterocycles. The van der Waals surface area contributed by atoms with Gasteiger partial charge in [-0.25, -0.2) is 4.79 Å². The van der Waals surface area contributed by atoms with Crippen LogP contribution in [0.25, 0.3) is 6.08 Å². The van der Waals surface area contributed by atoms with Crippen LogP contribution in [0.5, 0.6) is 11.5 Å². The van der Waals surface area contributed by atoms with Crippen LogP contribution < -0.4 is 9.47 Å². The lowest BCUT2D eigenvalue weighted by atomic mass is 10.1. The molecule has 5 nitrogen and oxygen atoms in total. The molecule has 0 radical (unpaired) electrons. The molecule has 2 aromatic rings. The Balaban J connectivity index is 2.23. The molecule has 2 rings (SSSR count). The van der Waals surface area contributed by atoms with Crippen molar-refractivity contribution in [2.75, 3.05) is 13.7 Å². The number of carbonyl (C=O) groups is 2. The molecule has 0 unspecified atom stereocenters. The zero-order valence-electron chi connectivity index (χ0n) is 15.2. The van der Waals surface area contributed by atoms with Gasteiger partial charge in [-0.2, -0.15) is 0 Å². The minimum absolute atomic E-state index is 0.0249. The van der Waals surface area contributed by atoms with Crippen molar-refractivity contribution in [2.24, 2.45) is 0 Å². The van der Waals surface area contributed by atoms with E-state index in [0.717, 1.165) is 5.56 Å². The summed E-state index contributed by atoms with van der Waals surface area (Å²) in [6.07, 6.45) is 1.47. The number of hydrogen-bond donors (Lipinski definition) is 0. The lowest BCUT2D eigenvalue weighted by Gasteiger charge is -2.11. The number of ether oxygens (including phenoxy) is 3. The zero-order chi connectivity index (χ0) is 18.9. The molecule has 0 saturated carbocycles. The predicted octanol–water partition coefficient (Wildman–Crippen LogP) is 3.81. The van der Waals surface area contributed by atoms with E-state index in [1.54, 1.807) is 25.1 Å². The predicted molar refractivity (Wildman–Crippen MR) is 99.1 cm³/mol. The van der Waals surface area contributed by atoms with Crippen LogP contribution in [0.3, 0.4) is 0 Å². The molecule has 136 valence electrons. The van der Waals surface area contributed by atoms with Crippen LogP contribution in [0.4, 0.5) is 0 Å². The number of rotatable bonds is 8. The summed E-state index contributed by atoms with van der Waals surface area (Å²) in [6, 6.07) is 15.0. The summed E-state index contributed by atoms with van der Waals surface area (Å²) in [5.74, 6) is 0.114. The van der Waals surface area contributed by atoms with E-state index < -0.39 is 5.97 Å². The van der Waals surface area contributed by atoms with Gasteiger partial charge in [0.25, 0.3) is 0 Å². The molecule has 26 heavy (non-hydrogen) atoms. The van der Waals surface area contributed by atoms with E-state index in [4.69, 9.17) is 14.2 Å². The fourth-order valence-electron chi connectivity index (χ4n) is 2.31. The van der Waals surface area contributed by atoms with Gasteiger partial charge in [0, 0.05) is 11.6 Å². The number of ketones is 1. The van der Waals surface area contributed by atoms with E-state index >= 15 is 0 Å². The Hall–Kier alpha value is -3.08. The Morgan fingerprint density at radius 1 is 1.08 bits per heavy atom. The van der Waals surface area contributed by atoms with Crippen molar-refractivity contribution >= 4 is 17.8 Å². The first-order valence-electron chi connectivity index (χ1n) is 8.29. The summed E-state index contributed by atoms with van der Waals surface area (Å²) in [5, 5.41) is 0. The molecule has 0 fully saturated rings. The highest BCUT2D eigenvalue weighted by molar-refractivity contribution is 6.19. The summed E-state index contributed by atoms with van der Waals surface area (Å²) >= 11 is 0. The van der Waals surface area contributed by atoms with E-state index in [2.05, 4.69) is 0 Å². The van der Waals surface area contributed by atoms with E-state index in [0.29, 0.717) is 23.7 Å². The normalized spacial score (nSPS) is 11.0. The minimum atomic E-state index is -0.647. The van der Waals surface area contributed by atoms with Crippen molar-refractivity contribution < 1.29 is 23.8 Å². The molecule has 0 atom stereocenters. The average Bonchev–Trinajstić information content (AvgIpc) is 2.65. The molecule has 0 aliphatic rings. The lowest BCUT2D eigenvalue weighted by Crippen LogP contribution is -2.13. The van der Waals surface area contributed by atoms with Crippen LogP contribution in [-0.4, -0.2) is 25.5 Å². The van der Waals surface area contributed by atoms with Crippen LogP contribution in [-0.2, 0) is 20.9 Å². The third kappa shape index (κ3) is 5.21. The topological polar surface area (TPSA) is 61.8 Å². The summed E-state index contributed by atoms with van der Waals surface area (Å²) in [4.78, 5) is 23.7. The van der Waals surface area contributed by atoms with Gasteiger partial charge >= 0.3 is 5.97 Å². The SMILES string of the molecule is CCOC(=O)/C(=C\c1ccc(OCc2ccccc2)cc1OC)C(C)=O. The largest absolute Gasteiger partial charge is 0.496 e. The Labute approximate surface area is 153 Å². The number of hydrogen-bond acceptors (Lipinski definition) is 5. The maximum absolute atomic E-state index is 11.9. The maximum atomic E-state index is 11.9. The summed E-state index contributed by atoms with van der Waals surface area (Å²) in [6.45, 7) is 3.65. The molecule has 0 aromatic heterocycles. The Kier molecular flexibility index (Phi) is 6.97. The van der Waals surface area contributed by atoms with Gasteiger partial charge in [0.15, 0.2) is 5.78 Å². The Bertz CT molecular complexity index is 793. The van der Waals surface area contributed by atoms with Gasteiger partial charge in [-0.05, 0) is 37.6 Å². The molecule has 0 N–H and O–H groups in total. The fourth-order valence-corrected chi connectivity index (χ4v) is 2.31. The van der Waals surface area contributed by atoms with Crippen molar-refractivity contribution in [3.63, 3.8) is 0 Å². The molecular formula is C21H22O5. The van der Waals surface area contributed by atoms with Gasteiger partial charge in [0.05, 0.1) is 13.7 Å². The highest BCUT2D eigenvalue weighted by Crippen LogP contribution is 2.27. The van der Waals surface area contributed by atoms with Crippen molar-refractivity contribution in [2.45, 2.75) is 20.5 Å². The summed E-state index contributed by atoms with van der Waals surface area (Å²) < 4.78 is 16.1. The van der Waals surface area contributed by atoms with Gasteiger partial charge in [0.2, 0.25) is 0 Å². The molecule has 2 aromatic carbocycles. The fraction of sp³-hybridized carbons (Fsp3) is 0.238. The third-order valence-electron chi connectivity index (χ3n) is 3.63. The third-order valence-corrected chi connectivity index (χ3v) is 3.63. The Morgan fingerprint density at radius 3 is 2.42 bits per heavy atom. The van der Waals surface area contributed by atoms with E-state index in [1.807, 2.05) is 30.3 Å². The van der Waals surface area contributed by atoms with E-state index in [9.17, 15) is 9.59 Å². The zero-order valence-corrected chi connectivity index (χ0v) is 15.2. The number of Topliss-reactive ketones (excluding diaryl/α,β-unsaturated/α-hetero) is 1. The van der Waals surface area contributed by atoms with Gasteiger partial charge in [-0.15, -0.1) is 0 Å². The standard InChI is InChI=1S/C21H22O5/c1-4-25-21(23)19(15(2)22)12-17-10-11-18(13-20(17)24-3)26-14-16-8-6-5-7-9-16/h5-13H,4,14H2,1-3H3/b19-12-. The van der Waals surface area contributed by atoms with Gasteiger partial charge < -0.3 is 14.2 Å². The first-order chi connectivity index (χ1) is 12.5. The van der Waals surface area contributed by atoms with E-state index in [-0.39, 0.29) is 18.0 Å². The van der Waals surface area contributed by atoms with Crippen LogP contribution in [0.1, 0.15) is 25.0 Å². The number of methoxy groups -OCH3 is 1. The monoisotopic (exact) mass is 354 g/mol. The second-order valence-electron chi connectivity index (χ2n) is 5.51. The van der Waals surface area contributed by atoms with Crippen molar-refractivity contribution in [1.82, 2.24) is 0 Å². The van der Waals surface area contributed by atoms with Crippen molar-refractivity contribution in [3.8, 4) is 11.5 Å². The number of carbonyl (C=O) groups excluding carboxylic acids is 2. The van der Waals surface area contributed by atoms with Gasteiger partial charge in [0.1, 0.15) is 23.7 Å². The molecular weight excluding hydrogens is 332 g/mol. The van der Waals surface area contributed by atoms with Crippen LogP contribution in [0.15, 0.2) is 54.1 Å². The molecule has 0 saturated heterocycles. The molecule has 5 heteroatoms. The molecule has 0 aliphatic heterocycles.